The van der Waals surface area contributed by atoms with Crippen LogP contribution in [-0.4, -0.2) is 19.5 Å². The van der Waals surface area contributed by atoms with Gasteiger partial charge in [0.25, 0.3) is 0 Å². The zero-order valence-corrected chi connectivity index (χ0v) is 35.6. The fourth-order valence-electron chi connectivity index (χ4n) is 9.97. The van der Waals surface area contributed by atoms with Gasteiger partial charge in [0.1, 0.15) is 22.3 Å². The van der Waals surface area contributed by atoms with Crippen LogP contribution in [0.2, 0.25) is 0 Å². The van der Waals surface area contributed by atoms with E-state index in [4.69, 9.17) is 23.8 Å². The van der Waals surface area contributed by atoms with Gasteiger partial charge in [-0.25, -0.2) is 4.98 Å². The van der Waals surface area contributed by atoms with E-state index in [1.807, 2.05) is 44.2 Å². The molecule has 0 amide bonds. The number of rotatable bonds is 4. The first-order valence-corrected chi connectivity index (χ1v) is 22.2. The van der Waals surface area contributed by atoms with Gasteiger partial charge in [-0.1, -0.05) is 166 Å². The van der Waals surface area contributed by atoms with Crippen molar-refractivity contribution >= 4 is 98.0 Å². The van der Waals surface area contributed by atoms with Crippen LogP contribution in [0.1, 0.15) is 13.8 Å². The highest BCUT2D eigenvalue weighted by molar-refractivity contribution is 6.33. The first kappa shape index (κ1) is 37.0. The lowest BCUT2D eigenvalue weighted by Gasteiger charge is -2.14. The van der Waals surface area contributed by atoms with Crippen molar-refractivity contribution in [3.63, 3.8) is 0 Å². The molecule has 0 aliphatic carbocycles. The van der Waals surface area contributed by atoms with Crippen LogP contribution in [0, 0.1) is 0 Å². The van der Waals surface area contributed by atoms with E-state index in [1.54, 1.807) is 0 Å². The molecule has 4 heterocycles. The number of hydrogen-bond acceptors (Lipinski definition) is 5. The highest BCUT2D eigenvalue weighted by Crippen LogP contribution is 2.46. The normalized spacial score (nSPS) is 11.8. The highest BCUT2D eigenvalue weighted by atomic mass is 16.3. The third-order valence-corrected chi connectivity index (χ3v) is 12.8. The van der Waals surface area contributed by atoms with E-state index in [0.717, 1.165) is 109 Å². The van der Waals surface area contributed by atoms with Crippen molar-refractivity contribution in [1.82, 2.24) is 19.5 Å². The molecule has 4 aromatic heterocycles. The minimum Gasteiger partial charge on any atom is -0.456 e. The van der Waals surface area contributed by atoms with Crippen LogP contribution in [0.3, 0.4) is 0 Å². The molecule has 6 heteroatoms. The molecule has 10 aromatic carbocycles. The number of para-hydroxylation sites is 3. The molecule has 0 fully saturated rings. The molecular formula is C59H38N4O2. The molecule has 0 radical (unpaired) electrons. The van der Waals surface area contributed by atoms with Crippen LogP contribution in [0.5, 0.6) is 0 Å². The molecule has 0 aliphatic heterocycles. The molecule has 0 bridgehead atoms. The van der Waals surface area contributed by atoms with Gasteiger partial charge in [-0.2, -0.15) is 9.97 Å². The maximum absolute atomic E-state index is 6.42. The summed E-state index contributed by atoms with van der Waals surface area (Å²) in [5, 5.41) is 13.4. The maximum Gasteiger partial charge on any atom is 0.238 e. The van der Waals surface area contributed by atoms with Gasteiger partial charge >= 0.3 is 0 Å². The number of fused-ring (bicyclic) bond motifs is 15. The Bertz CT molecular complexity index is 4230. The van der Waals surface area contributed by atoms with Crippen LogP contribution < -0.4 is 0 Å². The SMILES string of the molecule is CC.c1ccc2cc(-c3nc(-c4ccc5c(c4)oc4ccccc45)nc(-n4c5c(-c6ccc7oc8ccccc8c7c6)cccc5c5c6ccccc6c6ccccc6c54)n3)ccc2c1. The second kappa shape index (κ2) is 14.5. The Morgan fingerprint density at radius 1 is 0.338 bits per heavy atom. The Hall–Kier alpha value is -8.61. The van der Waals surface area contributed by atoms with Crippen LogP contribution in [0.15, 0.2) is 203 Å². The number of nitrogens with zero attached hydrogens (tertiary/aromatic N) is 4. The zero-order valence-electron chi connectivity index (χ0n) is 35.6. The van der Waals surface area contributed by atoms with E-state index in [9.17, 15) is 0 Å². The summed E-state index contributed by atoms with van der Waals surface area (Å²) in [5.41, 5.74) is 9.25. The third kappa shape index (κ3) is 5.63. The van der Waals surface area contributed by atoms with Crippen molar-refractivity contribution in [2.75, 3.05) is 0 Å². The molecule has 0 aliphatic rings. The zero-order chi connectivity index (χ0) is 43.2. The third-order valence-electron chi connectivity index (χ3n) is 12.8. The van der Waals surface area contributed by atoms with E-state index < -0.39 is 0 Å². The minimum atomic E-state index is 0.524. The summed E-state index contributed by atoms with van der Waals surface area (Å²) in [7, 11) is 0. The summed E-state index contributed by atoms with van der Waals surface area (Å²) in [6.45, 7) is 4.00. The number of hydrogen-bond donors (Lipinski definition) is 0. The summed E-state index contributed by atoms with van der Waals surface area (Å²) in [4.78, 5) is 16.2. The lowest BCUT2D eigenvalue weighted by atomic mass is 9.95. The monoisotopic (exact) mass is 834 g/mol. The molecule has 0 atom stereocenters. The molecule has 14 rings (SSSR count). The van der Waals surface area contributed by atoms with Crippen LogP contribution >= 0.6 is 0 Å². The number of benzene rings is 10. The first-order valence-electron chi connectivity index (χ1n) is 22.2. The van der Waals surface area contributed by atoms with Crippen molar-refractivity contribution in [2.24, 2.45) is 0 Å². The van der Waals surface area contributed by atoms with Gasteiger partial charge in [0.2, 0.25) is 5.95 Å². The van der Waals surface area contributed by atoms with Crippen molar-refractivity contribution in [3.8, 4) is 39.9 Å². The maximum atomic E-state index is 6.42. The second-order valence-corrected chi connectivity index (χ2v) is 16.3. The van der Waals surface area contributed by atoms with Crippen LogP contribution in [0.4, 0.5) is 0 Å². The topological polar surface area (TPSA) is 69.9 Å². The first-order chi connectivity index (χ1) is 32.2. The summed E-state index contributed by atoms with van der Waals surface area (Å²) < 4.78 is 15.0. The van der Waals surface area contributed by atoms with E-state index >= 15 is 0 Å². The summed E-state index contributed by atoms with van der Waals surface area (Å²) in [5.74, 6) is 1.65. The van der Waals surface area contributed by atoms with E-state index in [0.29, 0.717) is 17.6 Å². The molecule has 14 aromatic rings. The summed E-state index contributed by atoms with van der Waals surface area (Å²) in [6, 6.07) is 68.1. The van der Waals surface area contributed by atoms with Crippen molar-refractivity contribution in [3.05, 3.63) is 194 Å². The van der Waals surface area contributed by atoms with Gasteiger partial charge in [0.15, 0.2) is 11.6 Å². The lowest BCUT2D eigenvalue weighted by Crippen LogP contribution is -2.07. The minimum absolute atomic E-state index is 0.524. The average molecular weight is 835 g/mol. The van der Waals surface area contributed by atoms with Gasteiger partial charge in [0.05, 0.1) is 11.0 Å². The molecular weight excluding hydrogens is 797 g/mol. The Labute approximate surface area is 372 Å². The van der Waals surface area contributed by atoms with Crippen LogP contribution in [-0.2, 0) is 0 Å². The molecule has 0 saturated heterocycles. The Morgan fingerprint density at radius 3 is 1.65 bits per heavy atom. The van der Waals surface area contributed by atoms with Crippen molar-refractivity contribution < 1.29 is 8.83 Å². The molecule has 65 heavy (non-hydrogen) atoms. The van der Waals surface area contributed by atoms with Crippen molar-refractivity contribution in [2.45, 2.75) is 13.8 Å². The van der Waals surface area contributed by atoms with Crippen molar-refractivity contribution in [1.29, 1.82) is 0 Å². The van der Waals surface area contributed by atoms with Gasteiger partial charge in [0, 0.05) is 54.4 Å². The molecule has 0 saturated carbocycles. The van der Waals surface area contributed by atoms with E-state index in [-0.39, 0.29) is 0 Å². The Morgan fingerprint density at radius 2 is 0.877 bits per heavy atom. The number of aromatic nitrogens is 4. The molecule has 0 unspecified atom stereocenters. The average Bonchev–Trinajstić information content (AvgIpc) is 4.06. The van der Waals surface area contributed by atoms with E-state index in [1.165, 1.54) is 10.8 Å². The second-order valence-electron chi connectivity index (χ2n) is 16.3. The highest BCUT2D eigenvalue weighted by Gasteiger charge is 2.25. The summed E-state index contributed by atoms with van der Waals surface area (Å²) >= 11 is 0. The predicted octanol–water partition coefficient (Wildman–Crippen LogP) is 16.3. The standard InChI is InChI=1S/C57H32N4O2.C2H6/c1-2-13-34-30-36(25-24-33(34)12-1)55-58-56(37-26-28-43-41-16-7-9-22-48(41)63-51(43)32-37)60-57(59-55)61-53-38(35-27-29-50-47(31-35)42-17-8-10-23-49(42)62-50)20-11-21-46(53)52-44-18-5-3-14-39(44)40-15-4-6-19-45(40)54(52)61;1-2/h1-32H;1-2H3. The smallest absolute Gasteiger partial charge is 0.238 e. The summed E-state index contributed by atoms with van der Waals surface area (Å²) in [6.07, 6.45) is 0. The van der Waals surface area contributed by atoms with Crippen LogP contribution in [0.25, 0.3) is 138 Å². The Balaban J connectivity index is 0.00000209. The van der Waals surface area contributed by atoms with Gasteiger partial charge in [-0.15, -0.1) is 0 Å². The molecule has 6 nitrogen and oxygen atoms in total. The predicted molar refractivity (Wildman–Crippen MR) is 269 cm³/mol. The Kier molecular flexibility index (Phi) is 8.24. The van der Waals surface area contributed by atoms with E-state index in [2.05, 4.69) is 168 Å². The fourth-order valence-corrected chi connectivity index (χ4v) is 9.97. The molecule has 0 N–H and O–H groups in total. The van der Waals surface area contributed by atoms with Gasteiger partial charge < -0.3 is 8.83 Å². The van der Waals surface area contributed by atoms with Gasteiger partial charge in [-0.3, -0.25) is 4.57 Å². The fraction of sp³-hybridized carbons (Fsp3) is 0.0339. The number of furan rings is 2. The van der Waals surface area contributed by atoms with Gasteiger partial charge in [-0.05, 0) is 75.0 Å². The molecule has 306 valence electrons. The largest absolute Gasteiger partial charge is 0.456 e. The molecule has 0 spiro atoms. The quantitative estimate of drug-likeness (QED) is 0.165. The lowest BCUT2D eigenvalue weighted by molar-refractivity contribution is 0.668.